The quantitative estimate of drug-likeness (QED) is 0.621. The molecule has 0 atom stereocenters. The molecule has 1 aliphatic heterocycles. The van der Waals surface area contributed by atoms with Crippen LogP contribution in [0.25, 0.3) is 10.9 Å². The number of carbonyl (C=O) groups is 1. The third-order valence-electron chi connectivity index (χ3n) is 3.06. The van der Waals surface area contributed by atoms with Gasteiger partial charge < -0.3 is 14.2 Å². The minimum atomic E-state index is 0.291. The van der Waals surface area contributed by atoms with Gasteiger partial charge in [-0.25, -0.2) is 4.98 Å². The highest BCUT2D eigenvalue weighted by molar-refractivity contribution is 5.90. The van der Waals surface area contributed by atoms with Gasteiger partial charge in [-0.2, -0.15) is 0 Å². The Bertz CT molecular complexity index is 758. The van der Waals surface area contributed by atoms with Gasteiger partial charge in [-0.05, 0) is 18.1 Å². The number of methoxy groups -OCH3 is 1. The normalized spacial score (nSPS) is 12.6. The van der Waals surface area contributed by atoms with Crippen LogP contribution >= 0.6 is 0 Å². The molecular formula is C16H13NO4. The first kappa shape index (κ1) is 13.4. The number of hydrogen-bond acceptors (Lipinski definition) is 5. The van der Waals surface area contributed by atoms with E-state index in [0.717, 1.165) is 11.7 Å². The van der Waals surface area contributed by atoms with Gasteiger partial charge in [-0.1, -0.05) is 5.92 Å². The van der Waals surface area contributed by atoms with Crippen LogP contribution in [0.4, 0.5) is 0 Å². The summed E-state index contributed by atoms with van der Waals surface area (Å²) in [7, 11) is 1.56. The van der Waals surface area contributed by atoms with Crippen LogP contribution in [0.3, 0.4) is 0 Å². The number of benzene rings is 1. The van der Waals surface area contributed by atoms with Crippen molar-refractivity contribution in [3.8, 4) is 23.3 Å². The third kappa shape index (κ3) is 2.67. The Morgan fingerprint density at radius 2 is 2.05 bits per heavy atom. The maximum atomic E-state index is 11.2. The molecule has 106 valence electrons. The highest BCUT2D eigenvalue weighted by Gasteiger charge is 2.14. The second-order valence-corrected chi connectivity index (χ2v) is 4.47. The van der Waals surface area contributed by atoms with Crippen molar-refractivity contribution in [2.75, 3.05) is 26.9 Å². The van der Waals surface area contributed by atoms with Gasteiger partial charge in [-0.15, -0.1) is 0 Å². The monoisotopic (exact) mass is 283 g/mol. The lowest BCUT2D eigenvalue weighted by Gasteiger charge is -2.18. The van der Waals surface area contributed by atoms with E-state index < -0.39 is 0 Å². The van der Waals surface area contributed by atoms with E-state index in [0.29, 0.717) is 48.1 Å². The molecule has 0 N–H and O–H groups in total. The Morgan fingerprint density at radius 1 is 1.29 bits per heavy atom. The Labute approximate surface area is 121 Å². The summed E-state index contributed by atoms with van der Waals surface area (Å²) in [5.41, 5.74) is 1.60. The second kappa shape index (κ2) is 5.81. The number of fused-ring (bicyclic) bond motifs is 2. The fourth-order valence-electron chi connectivity index (χ4n) is 2.11. The standard InChI is InChI=1S/C16H13NO4/c1-19-4-2-3-13-12(10-18)7-11-8-15-16(9-14(11)17-13)21-6-5-20-15/h7-10H,4-6H2,1H3. The van der Waals surface area contributed by atoms with E-state index >= 15 is 0 Å². The van der Waals surface area contributed by atoms with Crippen LogP contribution in [0.1, 0.15) is 16.1 Å². The largest absolute Gasteiger partial charge is 0.486 e. The van der Waals surface area contributed by atoms with E-state index in [2.05, 4.69) is 16.8 Å². The molecule has 5 nitrogen and oxygen atoms in total. The molecule has 5 heteroatoms. The van der Waals surface area contributed by atoms with E-state index in [1.165, 1.54) is 0 Å². The van der Waals surface area contributed by atoms with E-state index in [1.807, 2.05) is 6.07 Å². The lowest BCUT2D eigenvalue weighted by atomic mass is 10.1. The number of rotatable bonds is 2. The van der Waals surface area contributed by atoms with Gasteiger partial charge in [0, 0.05) is 24.1 Å². The second-order valence-electron chi connectivity index (χ2n) is 4.47. The van der Waals surface area contributed by atoms with Crippen LogP contribution in [-0.2, 0) is 4.74 Å². The molecule has 2 aromatic rings. The third-order valence-corrected chi connectivity index (χ3v) is 3.06. The van der Waals surface area contributed by atoms with Crippen molar-refractivity contribution >= 4 is 17.2 Å². The van der Waals surface area contributed by atoms with Crippen LogP contribution in [0.15, 0.2) is 18.2 Å². The maximum Gasteiger partial charge on any atom is 0.163 e. The van der Waals surface area contributed by atoms with Crippen molar-refractivity contribution in [2.45, 2.75) is 0 Å². The summed E-state index contributed by atoms with van der Waals surface area (Å²) in [6, 6.07) is 5.39. The van der Waals surface area contributed by atoms with Crippen molar-refractivity contribution in [1.82, 2.24) is 4.98 Å². The smallest absolute Gasteiger partial charge is 0.163 e. The van der Waals surface area contributed by atoms with E-state index in [1.54, 1.807) is 19.2 Å². The molecule has 0 saturated heterocycles. The zero-order chi connectivity index (χ0) is 14.7. The number of aromatic nitrogens is 1. The van der Waals surface area contributed by atoms with E-state index in [4.69, 9.17) is 14.2 Å². The summed E-state index contributed by atoms with van der Waals surface area (Å²) < 4.78 is 15.9. The highest BCUT2D eigenvalue weighted by Crippen LogP contribution is 2.34. The molecule has 0 saturated carbocycles. The number of pyridine rings is 1. The minimum absolute atomic E-state index is 0.291. The number of nitrogens with zero attached hydrogens (tertiary/aromatic N) is 1. The molecule has 0 bridgehead atoms. The van der Waals surface area contributed by atoms with Gasteiger partial charge in [0.25, 0.3) is 0 Å². The number of ether oxygens (including phenoxy) is 3. The first-order valence-electron chi connectivity index (χ1n) is 6.49. The summed E-state index contributed by atoms with van der Waals surface area (Å²) >= 11 is 0. The van der Waals surface area contributed by atoms with Crippen molar-refractivity contribution in [3.63, 3.8) is 0 Å². The Morgan fingerprint density at radius 3 is 2.76 bits per heavy atom. The van der Waals surface area contributed by atoms with Crippen LogP contribution in [-0.4, -0.2) is 38.2 Å². The van der Waals surface area contributed by atoms with Gasteiger partial charge in [0.2, 0.25) is 0 Å². The molecular weight excluding hydrogens is 270 g/mol. The van der Waals surface area contributed by atoms with Crippen LogP contribution < -0.4 is 9.47 Å². The van der Waals surface area contributed by atoms with Gasteiger partial charge in [0.15, 0.2) is 17.8 Å². The lowest BCUT2D eigenvalue weighted by Crippen LogP contribution is -2.15. The van der Waals surface area contributed by atoms with E-state index in [9.17, 15) is 4.79 Å². The molecule has 1 aromatic carbocycles. The van der Waals surface area contributed by atoms with Crippen molar-refractivity contribution in [2.24, 2.45) is 0 Å². The summed E-state index contributed by atoms with van der Waals surface area (Å²) in [5, 5.41) is 0.818. The predicted molar refractivity (Wildman–Crippen MR) is 76.9 cm³/mol. The zero-order valence-corrected chi connectivity index (χ0v) is 11.5. The first-order valence-corrected chi connectivity index (χ1v) is 6.49. The number of carbonyl (C=O) groups excluding carboxylic acids is 1. The summed E-state index contributed by atoms with van der Waals surface area (Å²) in [6.07, 6.45) is 0.750. The average molecular weight is 283 g/mol. The molecule has 0 radical (unpaired) electrons. The molecule has 0 fully saturated rings. The predicted octanol–water partition coefficient (Wildman–Crippen LogP) is 1.82. The summed E-state index contributed by atoms with van der Waals surface area (Å²) in [6.45, 7) is 1.33. The van der Waals surface area contributed by atoms with Crippen molar-refractivity contribution in [3.05, 3.63) is 29.5 Å². The molecule has 1 aromatic heterocycles. The Kier molecular flexibility index (Phi) is 3.71. The molecule has 0 aliphatic carbocycles. The molecule has 3 rings (SSSR count). The number of aldehydes is 1. The molecule has 1 aliphatic rings. The number of hydrogen-bond donors (Lipinski definition) is 0. The summed E-state index contributed by atoms with van der Waals surface area (Å²) in [4.78, 5) is 15.6. The fraction of sp³-hybridized carbons (Fsp3) is 0.250. The maximum absolute atomic E-state index is 11.2. The molecule has 2 heterocycles. The van der Waals surface area contributed by atoms with Gasteiger partial charge in [0.1, 0.15) is 25.5 Å². The van der Waals surface area contributed by atoms with Gasteiger partial charge in [-0.3, -0.25) is 4.79 Å². The van der Waals surface area contributed by atoms with Crippen molar-refractivity contribution < 1.29 is 19.0 Å². The van der Waals surface area contributed by atoms with Crippen molar-refractivity contribution in [1.29, 1.82) is 0 Å². The minimum Gasteiger partial charge on any atom is -0.486 e. The Hall–Kier alpha value is -2.58. The SMILES string of the molecule is COCC#Cc1nc2cc3c(cc2cc1C=O)OCCO3. The molecule has 0 spiro atoms. The lowest BCUT2D eigenvalue weighted by molar-refractivity contribution is 0.112. The topological polar surface area (TPSA) is 57.7 Å². The highest BCUT2D eigenvalue weighted by atomic mass is 16.6. The molecule has 21 heavy (non-hydrogen) atoms. The summed E-state index contributed by atoms with van der Waals surface area (Å²) in [5.74, 6) is 6.99. The van der Waals surface area contributed by atoms with E-state index in [-0.39, 0.29) is 0 Å². The Balaban J connectivity index is 2.12. The molecule has 0 unspecified atom stereocenters. The van der Waals surface area contributed by atoms with Crippen LogP contribution in [0.5, 0.6) is 11.5 Å². The first-order chi connectivity index (χ1) is 10.3. The van der Waals surface area contributed by atoms with Crippen LogP contribution in [0, 0.1) is 11.8 Å². The average Bonchev–Trinajstić information content (AvgIpc) is 2.52. The zero-order valence-electron chi connectivity index (χ0n) is 11.5. The fourth-order valence-corrected chi connectivity index (χ4v) is 2.11. The van der Waals surface area contributed by atoms with Gasteiger partial charge in [0.05, 0.1) is 5.52 Å². The van der Waals surface area contributed by atoms with Crippen LogP contribution in [0.2, 0.25) is 0 Å². The van der Waals surface area contributed by atoms with Gasteiger partial charge >= 0.3 is 0 Å². The molecule has 0 amide bonds.